The van der Waals surface area contributed by atoms with Gasteiger partial charge >= 0.3 is 0 Å². The van der Waals surface area contributed by atoms with E-state index in [-0.39, 0.29) is 5.91 Å². The highest BCUT2D eigenvalue weighted by Gasteiger charge is 2.21. The molecule has 4 heteroatoms. The lowest BCUT2D eigenvalue weighted by molar-refractivity contribution is -0.117. The lowest BCUT2D eigenvalue weighted by Gasteiger charge is -2.28. The zero-order valence-electron chi connectivity index (χ0n) is 16.6. The van der Waals surface area contributed by atoms with E-state index < -0.39 is 0 Å². The van der Waals surface area contributed by atoms with Gasteiger partial charge in [0.15, 0.2) is 0 Å². The lowest BCUT2D eigenvalue weighted by atomic mass is 9.89. The van der Waals surface area contributed by atoms with Crippen molar-refractivity contribution in [2.75, 3.05) is 44.6 Å². The minimum atomic E-state index is 0.106. The number of carbonyl (C=O) groups excluding carboxylic acids is 1. The smallest absolute Gasteiger partial charge is 0.238 e. The Kier molecular flexibility index (Phi) is 7.09. The molecule has 26 heavy (non-hydrogen) atoms. The van der Waals surface area contributed by atoms with Crippen LogP contribution >= 0.6 is 0 Å². The van der Waals surface area contributed by atoms with E-state index in [1.54, 1.807) is 0 Å². The third-order valence-corrected chi connectivity index (χ3v) is 6.08. The van der Waals surface area contributed by atoms with Gasteiger partial charge in [-0.2, -0.15) is 0 Å². The third kappa shape index (κ3) is 5.82. The summed E-state index contributed by atoms with van der Waals surface area (Å²) in [5.74, 6) is 1.01. The average molecular weight is 358 g/mol. The molecule has 4 nitrogen and oxygen atoms in total. The van der Waals surface area contributed by atoms with Crippen molar-refractivity contribution in [3.8, 4) is 0 Å². The SMILES string of the molecule is Cc1ccc(NC(=O)CN2CCCN(CC3CCCCC3)CC2)cc1C. The van der Waals surface area contributed by atoms with Crippen LogP contribution in [-0.2, 0) is 4.79 Å². The zero-order valence-corrected chi connectivity index (χ0v) is 16.6. The Morgan fingerprint density at radius 3 is 2.46 bits per heavy atom. The van der Waals surface area contributed by atoms with Crippen molar-refractivity contribution >= 4 is 11.6 Å². The molecule has 144 valence electrons. The summed E-state index contributed by atoms with van der Waals surface area (Å²) < 4.78 is 0. The number of amides is 1. The second-order valence-electron chi connectivity index (χ2n) is 8.28. The topological polar surface area (TPSA) is 35.6 Å². The van der Waals surface area contributed by atoms with Gasteiger partial charge in [0.05, 0.1) is 6.54 Å². The first-order chi connectivity index (χ1) is 12.6. The highest BCUT2D eigenvalue weighted by Crippen LogP contribution is 2.24. The van der Waals surface area contributed by atoms with Gasteiger partial charge in [-0.3, -0.25) is 9.69 Å². The van der Waals surface area contributed by atoms with Crippen LogP contribution < -0.4 is 5.32 Å². The van der Waals surface area contributed by atoms with Gasteiger partial charge in [0.1, 0.15) is 0 Å². The number of hydrogen-bond acceptors (Lipinski definition) is 3. The summed E-state index contributed by atoms with van der Waals surface area (Å²) in [6, 6.07) is 6.12. The molecule has 1 saturated heterocycles. The van der Waals surface area contributed by atoms with Crippen LogP contribution in [0.5, 0.6) is 0 Å². The standard InChI is InChI=1S/C22H35N3O/c1-18-9-10-21(15-19(18)2)23-22(26)17-25-12-6-11-24(13-14-25)16-20-7-4-3-5-8-20/h9-10,15,20H,3-8,11-14,16-17H2,1-2H3,(H,23,26). The second kappa shape index (κ2) is 9.52. The number of hydrogen-bond donors (Lipinski definition) is 1. The van der Waals surface area contributed by atoms with E-state index in [0.29, 0.717) is 6.54 Å². The number of aryl methyl sites for hydroxylation is 2. The van der Waals surface area contributed by atoms with Gasteiger partial charge in [0.25, 0.3) is 0 Å². The van der Waals surface area contributed by atoms with Crippen LogP contribution in [-0.4, -0.2) is 55.0 Å². The Balaban J connectivity index is 1.43. The summed E-state index contributed by atoms with van der Waals surface area (Å²) in [5, 5.41) is 3.06. The summed E-state index contributed by atoms with van der Waals surface area (Å²) in [7, 11) is 0. The van der Waals surface area contributed by atoms with Crippen molar-refractivity contribution in [2.24, 2.45) is 5.92 Å². The highest BCUT2D eigenvalue weighted by molar-refractivity contribution is 5.92. The van der Waals surface area contributed by atoms with Crippen LogP contribution in [0.2, 0.25) is 0 Å². The molecule has 0 aromatic heterocycles. The van der Waals surface area contributed by atoms with Crippen LogP contribution in [0, 0.1) is 19.8 Å². The van der Waals surface area contributed by atoms with Crippen molar-refractivity contribution in [1.82, 2.24) is 9.80 Å². The second-order valence-corrected chi connectivity index (χ2v) is 8.28. The summed E-state index contributed by atoms with van der Waals surface area (Å²) >= 11 is 0. The van der Waals surface area contributed by atoms with E-state index in [1.807, 2.05) is 6.07 Å². The third-order valence-electron chi connectivity index (χ3n) is 6.08. The number of benzene rings is 1. The number of carbonyl (C=O) groups is 1. The molecular weight excluding hydrogens is 322 g/mol. The number of nitrogens with zero attached hydrogens (tertiary/aromatic N) is 2. The van der Waals surface area contributed by atoms with Crippen molar-refractivity contribution in [2.45, 2.75) is 52.4 Å². The Labute approximate surface area is 158 Å². The molecule has 1 heterocycles. The number of nitrogens with one attached hydrogen (secondary N) is 1. The normalized spacial score (nSPS) is 20.7. The molecule has 0 radical (unpaired) electrons. The minimum absolute atomic E-state index is 0.106. The maximum atomic E-state index is 12.4. The first kappa shape index (κ1) is 19.4. The predicted molar refractivity (Wildman–Crippen MR) is 109 cm³/mol. The fraction of sp³-hybridized carbons (Fsp3) is 0.682. The van der Waals surface area contributed by atoms with E-state index in [9.17, 15) is 4.79 Å². The van der Waals surface area contributed by atoms with Gasteiger partial charge in [0, 0.05) is 25.3 Å². The molecule has 1 aliphatic carbocycles. The van der Waals surface area contributed by atoms with E-state index >= 15 is 0 Å². The fourth-order valence-electron chi connectivity index (χ4n) is 4.32. The van der Waals surface area contributed by atoms with Gasteiger partial charge in [-0.25, -0.2) is 0 Å². The van der Waals surface area contributed by atoms with Crippen LogP contribution in [0.1, 0.15) is 49.7 Å². The maximum Gasteiger partial charge on any atom is 0.238 e. The van der Waals surface area contributed by atoms with Crippen LogP contribution in [0.3, 0.4) is 0 Å². The molecule has 0 unspecified atom stereocenters. The summed E-state index contributed by atoms with van der Waals surface area (Å²) in [6.07, 6.45) is 8.27. The lowest BCUT2D eigenvalue weighted by Crippen LogP contribution is -2.37. The van der Waals surface area contributed by atoms with Crippen LogP contribution in [0.4, 0.5) is 5.69 Å². The number of anilines is 1. The first-order valence-electron chi connectivity index (χ1n) is 10.4. The van der Waals surface area contributed by atoms with Crippen molar-refractivity contribution in [3.05, 3.63) is 29.3 Å². The minimum Gasteiger partial charge on any atom is -0.325 e. The molecule has 2 aliphatic rings. The number of rotatable bonds is 5. The quantitative estimate of drug-likeness (QED) is 0.870. The van der Waals surface area contributed by atoms with E-state index in [0.717, 1.165) is 31.2 Å². The zero-order chi connectivity index (χ0) is 18.4. The van der Waals surface area contributed by atoms with Crippen molar-refractivity contribution in [3.63, 3.8) is 0 Å². The Bertz CT molecular complexity index is 595. The van der Waals surface area contributed by atoms with Gasteiger partial charge in [-0.15, -0.1) is 0 Å². The molecule has 1 amide bonds. The van der Waals surface area contributed by atoms with Crippen LogP contribution in [0.25, 0.3) is 0 Å². The maximum absolute atomic E-state index is 12.4. The molecular formula is C22H35N3O. The first-order valence-corrected chi connectivity index (χ1v) is 10.4. The van der Waals surface area contributed by atoms with Gasteiger partial charge in [-0.05, 0) is 75.4 Å². The summed E-state index contributed by atoms with van der Waals surface area (Å²) in [4.78, 5) is 17.4. The molecule has 2 fully saturated rings. The molecule has 1 saturated carbocycles. The largest absolute Gasteiger partial charge is 0.325 e. The Hall–Kier alpha value is -1.39. The molecule has 0 spiro atoms. The molecule has 1 aliphatic heterocycles. The van der Waals surface area contributed by atoms with Crippen molar-refractivity contribution < 1.29 is 4.79 Å². The summed E-state index contributed by atoms with van der Waals surface area (Å²) in [6.45, 7) is 10.3. The molecule has 1 N–H and O–H groups in total. The molecule has 0 atom stereocenters. The van der Waals surface area contributed by atoms with Gasteiger partial charge in [0.2, 0.25) is 5.91 Å². The predicted octanol–water partition coefficient (Wildman–Crippen LogP) is 3.83. The molecule has 0 bridgehead atoms. The van der Waals surface area contributed by atoms with E-state index in [1.165, 1.54) is 62.7 Å². The van der Waals surface area contributed by atoms with Gasteiger partial charge < -0.3 is 10.2 Å². The fourth-order valence-corrected chi connectivity index (χ4v) is 4.32. The highest BCUT2D eigenvalue weighted by atomic mass is 16.2. The van der Waals surface area contributed by atoms with Crippen LogP contribution in [0.15, 0.2) is 18.2 Å². The van der Waals surface area contributed by atoms with E-state index in [2.05, 4.69) is 41.1 Å². The molecule has 1 aromatic carbocycles. The monoisotopic (exact) mass is 357 g/mol. The van der Waals surface area contributed by atoms with E-state index in [4.69, 9.17) is 0 Å². The Morgan fingerprint density at radius 1 is 0.962 bits per heavy atom. The molecule has 1 aromatic rings. The average Bonchev–Trinajstić information content (AvgIpc) is 2.84. The molecule has 3 rings (SSSR count). The summed E-state index contributed by atoms with van der Waals surface area (Å²) in [5.41, 5.74) is 3.39. The van der Waals surface area contributed by atoms with Crippen molar-refractivity contribution in [1.29, 1.82) is 0 Å². The Morgan fingerprint density at radius 2 is 1.69 bits per heavy atom. The van der Waals surface area contributed by atoms with Gasteiger partial charge in [-0.1, -0.05) is 25.3 Å².